The lowest BCUT2D eigenvalue weighted by atomic mass is 9.95. The van der Waals surface area contributed by atoms with Gasteiger partial charge in [-0.25, -0.2) is 9.50 Å². The summed E-state index contributed by atoms with van der Waals surface area (Å²) in [6, 6.07) is 7.12. The van der Waals surface area contributed by atoms with E-state index in [0.717, 1.165) is 17.8 Å². The van der Waals surface area contributed by atoms with Gasteiger partial charge in [0.15, 0.2) is 5.75 Å². The standard InChI is InChI=1S/C26H25N7O4/c1-14-19(26(35)32-10-16(11-32)8-22-28-13-29-31-22)12-33-24(14)20(6-7-30-33)37-17-4-5-18-21(9-17)36-15(2)23(18)25(34)27-3/h4-7,9,12-13,16H,8,10-11H2,1-3H3,(H,27,34)(H,28,29,31). The molecule has 1 aromatic carbocycles. The van der Waals surface area contributed by atoms with E-state index in [1.807, 2.05) is 17.9 Å². The molecule has 2 N–H and O–H groups in total. The predicted molar refractivity (Wildman–Crippen MR) is 134 cm³/mol. The molecule has 0 radical (unpaired) electrons. The molecular weight excluding hydrogens is 474 g/mol. The van der Waals surface area contributed by atoms with E-state index >= 15 is 0 Å². The number of carbonyl (C=O) groups is 2. The lowest BCUT2D eigenvalue weighted by molar-refractivity contribution is 0.0497. The van der Waals surface area contributed by atoms with Crippen molar-refractivity contribution >= 4 is 28.3 Å². The molecule has 1 saturated heterocycles. The molecule has 188 valence electrons. The number of rotatable bonds is 6. The Labute approximate surface area is 211 Å². The van der Waals surface area contributed by atoms with Crippen LogP contribution in [0.2, 0.25) is 0 Å². The Morgan fingerprint density at radius 1 is 1.24 bits per heavy atom. The Hall–Kier alpha value is -4.67. The molecule has 37 heavy (non-hydrogen) atoms. The molecule has 0 unspecified atom stereocenters. The average molecular weight is 500 g/mol. The number of nitrogens with one attached hydrogen (secondary N) is 2. The number of aromatic amines is 1. The van der Waals surface area contributed by atoms with Gasteiger partial charge in [0.1, 0.15) is 34.8 Å². The third-order valence-corrected chi connectivity index (χ3v) is 6.83. The Kier molecular flexibility index (Phi) is 5.40. The number of nitrogens with zero attached hydrogens (tertiary/aromatic N) is 5. The topological polar surface area (TPSA) is 131 Å². The van der Waals surface area contributed by atoms with Crippen LogP contribution in [0.4, 0.5) is 0 Å². The van der Waals surface area contributed by atoms with E-state index in [2.05, 4.69) is 25.6 Å². The van der Waals surface area contributed by atoms with Crippen molar-refractivity contribution < 1.29 is 18.7 Å². The number of hydrogen-bond donors (Lipinski definition) is 2. The van der Waals surface area contributed by atoms with Crippen LogP contribution in [-0.2, 0) is 6.42 Å². The van der Waals surface area contributed by atoms with Crippen molar-refractivity contribution in [2.24, 2.45) is 5.92 Å². The number of H-pyrrole nitrogens is 1. The van der Waals surface area contributed by atoms with Gasteiger partial charge in [-0.2, -0.15) is 10.2 Å². The molecule has 11 nitrogen and oxygen atoms in total. The van der Waals surface area contributed by atoms with Crippen LogP contribution in [0.25, 0.3) is 16.5 Å². The Balaban J connectivity index is 1.25. The maximum atomic E-state index is 13.3. The fourth-order valence-corrected chi connectivity index (χ4v) is 4.96. The van der Waals surface area contributed by atoms with Gasteiger partial charge >= 0.3 is 0 Å². The number of benzene rings is 1. The van der Waals surface area contributed by atoms with E-state index in [1.165, 1.54) is 6.33 Å². The average Bonchev–Trinajstić information content (AvgIpc) is 3.58. The molecule has 0 bridgehead atoms. The highest BCUT2D eigenvalue weighted by Gasteiger charge is 2.33. The summed E-state index contributed by atoms with van der Waals surface area (Å²) in [7, 11) is 1.59. The molecular formula is C26H25N7O4. The molecule has 4 aromatic heterocycles. The van der Waals surface area contributed by atoms with Gasteiger partial charge < -0.3 is 19.4 Å². The first-order valence-corrected chi connectivity index (χ1v) is 12.0. The quantitative estimate of drug-likeness (QED) is 0.367. The SMILES string of the molecule is CNC(=O)c1c(C)oc2cc(Oc3ccnn4cc(C(=O)N5CC(Cc6ncn[nH]6)C5)c(C)c34)ccc12. The number of hydrogen-bond acceptors (Lipinski definition) is 7. The first-order valence-electron chi connectivity index (χ1n) is 12.0. The first-order chi connectivity index (χ1) is 17.9. The summed E-state index contributed by atoms with van der Waals surface area (Å²) in [4.78, 5) is 31.5. The summed E-state index contributed by atoms with van der Waals surface area (Å²) in [6.07, 6.45) is 5.64. The Morgan fingerprint density at radius 2 is 2.08 bits per heavy atom. The number of ether oxygens (including phenoxy) is 1. The summed E-state index contributed by atoms with van der Waals surface area (Å²) in [5, 5.41) is 14.5. The van der Waals surface area contributed by atoms with E-state index in [9.17, 15) is 9.59 Å². The highest BCUT2D eigenvalue weighted by molar-refractivity contribution is 6.07. The zero-order valence-corrected chi connectivity index (χ0v) is 20.6. The van der Waals surface area contributed by atoms with E-state index in [-0.39, 0.29) is 11.8 Å². The number of fused-ring (bicyclic) bond motifs is 2. The van der Waals surface area contributed by atoms with Gasteiger partial charge in [0.25, 0.3) is 11.8 Å². The second-order valence-electron chi connectivity index (χ2n) is 9.24. The Morgan fingerprint density at radius 3 is 2.84 bits per heavy atom. The largest absolute Gasteiger partial charge is 0.460 e. The van der Waals surface area contributed by atoms with Gasteiger partial charge in [0, 0.05) is 56.2 Å². The fraction of sp³-hybridized carbons (Fsp3) is 0.269. The van der Waals surface area contributed by atoms with Crippen molar-refractivity contribution in [3.05, 3.63) is 71.3 Å². The number of aromatic nitrogens is 5. The molecule has 11 heteroatoms. The van der Waals surface area contributed by atoms with Gasteiger partial charge in [0.2, 0.25) is 0 Å². The minimum absolute atomic E-state index is 0.0306. The van der Waals surface area contributed by atoms with Crippen LogP contribution < -0.4 is 10.1 Å². The van der Waals surface area contributed by atoms with Crippen LogP contribution in [0.15, 0.2) is 47.4 Å². The van der Waals surface area contributed by atoms with Crippen molar-refractivity contribution in [2.75, 3.05) is 20.1 Å². The minimum Gasteiger partial charge on any atom is -0.460 e. The summed E-state index contributed by atoms with van der Waals surface area (Å²) in [6.45, 7) is 5.00. The summed E-state index contributed by atoms with van der Waals surface area (Å²) in [5.41, 5.74) is 3.17. The van der Waals surface area contributed by atoms with Crippen molar-refractivity contribution in [3.8, 4) is 11.5 Å². The van der Waals surface area contributed by atoms with Crippen LogP contribution in [0.3, 0.4) is 0 Å². The molecule has 1 aliphatic rings. The van der Waals surface area contributed by atoms with Crippen molar-refractivity contribution in [2.45, 2.75) is 20.3 Å². The lowest BCUT2D eigenvalue weighted by Gasteiger charge is -2.39. The van der Waals surface area contributed by atoms with E-state index < -0.39 is 0 Å². The van der Waals surface area contributed by atoms with Crippen LogP contribution in [0.1, 0.15) is 37.9 Å². The summed E-state index contributed by atoms with van der Waals surface area (Å²) >= 11 is 0. The van der Waals surface area contributed by atoms with Crippen LogP contribution >= 0.6 is 0 Å². The van der Waals surface area contributed by atoms with E-state index in [0.29, 0.717) is 63.9 Å². The first kappa shape index (κ1) is 22.8. The van der Waals surface area contributed by atoms with Crippen LogP contribution in [0, 0.1) is 19.8 Å². The summed E-state index contributed by atoms with van der Waals surface area (Å²) < 4.78 is 13.7. The zero-order chi connectivity index (χ0) is 25.7. The van der Waals surface area contributed by atoms with Gasteiger partial charge in [-0.1, -0.05) is 0 Å². The molecule has 0 spiro atoms. The monoisotopic (exact) mass is 499 g/mol. The minimum atomic E-state index is -0.201. The highest BCUT2D eigenvalue weighted by atomic mass is 16.5. The van der Waals surface area contributed by atoms with Gasteiger partial charge in [-0.15, -0.1) is 0 Å². The number of aryl methyl sites for hydroxylation is 2. The lowest BCUT2D eigenvalue weighted by Crippen LogP contribution is -2.50. The van der Waals surface area contributed by atoms with Crippen molar-refractivity contribution in [1.29, 1.82) is 0 Å². The van der Waals surface area contributed by atoms with Gasteiger partial charge in [-0.05, 0) is 31.5 Å². The molecule has 1 aliphatic heterocycles. The summed E-state index contributed by atoms with van der Waals surface area (Å²) in [5.74, 6) is 2.61. The van der Waals surface area contributed by atoms with Gasteiger partial charge in [-0.3, -0.25) is 14.7 Å². The smallest absolute Gasteiger partial charge is 0.255 e. The van der Waals surface area contributed by atoms with Crippen LogP contribution in [0.5, 0.6) is 11.5 Å². The normalized spacial score (nSPS) is 13.8. The van der Waals surface area contributed by atoms with Crippen molar-refractivity contribution in [1.82, 2.24) is 35.0 Å². The maximum absolute atomic E-state index is 13.3. The van der Waals surface area contributed by atoms with E-state index in [1.54, 1.807) is 49.1 Å². The number of amides is 2. The molecule has 5 heterocycles. The molecule has 6 rings (SSSR count). The highest BCUT2D eigenvalue weighted by Crippen LogP contribution is 2.34. The Bertz CT molecular complexity index is 1640. The molecule has 0 saturated carbocycles. The maximum Gasteiger partial charge on any atom is 0.255 e. The molecule has 5 aromatic rings. The number of furan rings is 1. The van der Waals surface area contributed by atoms with Crippen molar-refractivity contribution in [3.63, 3.8) is 0 Å². The van der Waals surface area contributed by atoms with E-state index in [4.69, 9.17) is 9.15 Å². The number of carbonyl (C=O) groups excluding carboxylic acids is 2. The fourth-order valence-electron chi connectivity index (χ4n) is 4.96. The second-order valence-corrected chi connectivity index (χ2v) is 9.24. The van der Waals surface area contributed by atoms with Gasteiger partial charge in [0.05, 0.1) is 17.3 Å². The predicted octanol–water partition coefficient (Wildman–Crippen LogP) is 3.28. The second kappa shape index (κ2) is 8.77. The number of likely N-dealkylation sites (tertiary alicyclic amines) is 1. The molecule has 0 aliphatic carbocycles. The third kappa shape index (κ3) is 3.88. The molecule has 2 amide bonds. The molecule has 0 atom stereocenters. The third-order valence-electron chi connectivity index (χ3n) is 6.83. The zero-order valence-electron chi connectivity index (χ0n) is 20.6. The molecule has 1 fully saturated rings. The van der Waals surface area contributed by atoms with Crippen LogP contribution in [-0.4, -0.2) is 61.6 Å².